The van der Waals surface area contributed by atoms with Crippen molar-refractivity contribution in [3.8, 4) is 0 Å². The molecule has 2 heterocycles. The van der Waals surface area contributed by atoms with Crippen molar-refractivity contribution in [1.82, 2.24) is 15.0 Å². The smallest absolute Gasteiger partial charge is 0.135 e. The summed E-state index contributed by atoms with van der Waals surface area (Å²) in [6.45, 7) is 3.97. The molecular formula is C11H12ClN3S. The van der Waals surface area contributed by atoms with Crippen molar-refractivity contribution >= 4 is 22.9 Å². The number of aromatic nitrogens is 3. The Kier molecular flexibility index (Phi) is 3.51. The fourth-order valence-electron chi connectivity index (χ4n) is 1.39. The first-order valence-corrected chi connectivity index (χ1v) is 6.36. The molecule has 0 aromatic carbocycles. The molecule has 0 saturated heterocycles. The maximum atomic E-state index is 6.07. The molecule has 2 aromatic heterocycles. The van der Waals surface area contributed by atoms with Gasteiger partial charge in [0.1, 0.15) is 11.0 Å². The van der Waals surface area contributed by atoms with Crippen LogP contribution in [0.15, 0.2) is 11.6 Å². The Labute approximate surface area is 104 Å². The fraction of sp³-hybridized carbons (Fsp3) is 0.364. The standard InChI is InChI=1S/C11H12ClN3S/c1-3-9-14-8(7(2)11(12)15-9)6-10-13-4-5-16-10/h4-5H,3,6H2,1-2H3. The molecule has 0 spiro atoms. The van der Waals surface area contributed by atoms with Crippen LogP contribution in [0, 0.1) is 6.92 Å². The fourth-order valence-corrected chi connectivity index (χ4v) is 2.22. The third-order valence-electron chi connectivity index (χ3n) is 2.35. The lowest BCUT2D eigenvalue weighted by atomic mass is 10.2. The molecule has 84 valence electrons. The molecule has 0 bridgehead atoms. The summed E-state index contributed by atoms with van der Waals surface area (Å²) < 4.78 is 0. The Hall–Kier alpha value is -1.00. The Morgan fingerprint density at radius 1 is 1.38 bits per heavy atom. The summed E-state index contributed by atoms with van der Waals surface area (Å²) in [6.07, 6.45) is 3.34. The minimum Gasteiger partial charge on any atom is -0.249 e. The summed E-state index contributed by atoms with van der Waals surface area (Å²) in [7, 11) is 0. The zero-order valence-electron chi connectivity index (χ0n) is 9.20. The van der Waals surface area contributed by atoms with Gasteiger partial charge in [-0.2, -0.15) is 0 Å². The van der Waals surface area contributed by atoms with Crippen LogP contribution in [0.25, 0.3) is 0 Å². The maximum Gasteiger partial charge on any atom is 0.135 e. The van der Waals surface area contributed by atoms with E-state index in [9.17, 15) is 0 Å². The maximum absolute atomic E-state index is 6.07. The van der Waals surface area contributed by atoms with E-state index in [1.807, 2.05) is 19.2 Å². The van der Waals surface area contributed by atoms with Gasteiger partial charge in [-0.25, -0.2) is 15.0 Å². The molecule has 0 amide bonds. The van der Waals surface area contributed by atoms with Crippen molar-refractivity contribution in [2.75, 3.05) is 0 Å². The molecule has 0 radical (unpaired) electrons. The largest absolute Gasteiger partial charge is 0.249 e. The van der Waals surface area contributed by atoms with Crippen LogP contribution < -0.4 is 0 Å². The van der Waals surface area contributed by atoms with Gasteiger partial charge < -0.3 is 0 Å². The van der Waals surface area contributed by atoms with Crippen molar-refractivity contribution in [2.24, 2.45) is 0 Å². The number of nitrogens with zero attached hydrogens (tertiary/aromatic N) is 3. The average molecular weight is 254 g/mol. The second-order valence-corrected chi connectivity index (χ2v) is 4.80. The van der Waals surface area contributed by atoms with Crippen molar-refractivity contribution < 1.29 is 0 Å². The molecule has 0 saturated carbocycles. The van der Waals surface area contributed by atoms with Gasteiger partial charge in [0.2, 0.25) is 0 Å². The van der Waals surface area contributed by atoms with Crippen LogP contribution in [0.5, 0.6) is 0 Å². The lowest BCUT2D eigenvalue weighted by molar-refractivity contribution is 0.880. The van der Waals surface area contributed by atoms with Crippen LogP contribution in [-0.4, -0.2) is 15.0 Å². The van der Waals surface area contributed by atoms with E-state index in [1.165, 1.54) is 0 Å². The van der Waals surface area contributed by atoms with Crippen LogP contribution in [0.4, 0.5) is 0 Å². The van der Waals surface area contributed by atoms with Gasteiger partial charge in [0.15, 0.2) is 0 Å². The molecule has 0 fully saturated rings. The topological polar surface area (TPSA) is 38.7 Å². The quantitative estimate of drug-likeness (QED) is 0.790. The van der Waals surface area contributed by atoms with E-state index in [0.717, 1.165) is 34.9 Å². The number of hydrogen-bond acceptors (Lipinski definition) is 4. The molecular weight excluding hydrogens is 242 g/mol. The monoisotopic (exact) mass is 253 g/mol. The van der Waals surface area contributed by atoms with E-state index in [2.05, 4.69) is 15.0 Å². The van der Waals surface area contributed by atoms with E-state index in [4.69, 9.17) is 11.6 Å². The molecule has 16 heavy (non-hydrogen) atoms. The van der Waals surface area contributed by atoms with Crippen LogP contribution in [-0.2, 0) is 12.8 Å². The highest BCUT2D eigenvalue weighted by Crippen LogP contribution is 2.19. The minimum absolute atomic E-state index is 0.554. The first-order valence-electron chi connectivity index (χ1n) is 5.11. The Morgan fingerprint density at radius 3 is 2.81 bits per heavy atom. The van der Waals surface area contributed by atoms with Crippen molar-refractivity contribution in [2.45, 2.75) is 26.7 Å². The van der Waals surface area contributed by atoms with Gasteiger partial charge >= 0.3 is 0 Å². The van der Waals surface area contributed by atoms with Gasteiger partial charge in [0.05, 0.1) is 10.7 Å². The summed E-state index contributed by atoms with van der Waals surface area (Å²) in [4.78, 5) is 13.0. The molecule has 2 rings (SSSR count). The zero-order valence-corrected chi connectivity index (χ0v) is 10.8. The van der Waals surface area contributed by atoms with E-state index in [-0.39, 0.29) is 0 Å². The molecule has 0 atom stereocenters. The zero-order chi connectivity index (χ0) is 11.5. The highest BCUT2D eigenvalue weighted by molar-refractivity contribution is 7.09. The summed E-state index contributed by atoms with van der Waals surface area (Å²) in [5, 5.41) is 3.58. The highest BCUT2D eigenvalue weighted by Gasteiger charge is 2.10. The second-order valence-electron chi connectivity index (χ2n) is 3.46. The van der Waals surface area contributed by atoms with Crippen LogP contribution in [0.1, 0.15) is 29.0 Å². The molecule has 5 heteroatoms. The summed E-state index contributed by atoms with van der Waals surface area (Å²) in [6, 6.07) is 0. The van der Waals surface area contributed by atoms with Crippen molar-refractivity contribution in [1.29, 1.82) is 0 Å². The van der Waals surface area contributed by atoms with Crippen LogP contribution in [0.2, 0.25) is 5.15 Å². The summed E-state index contributed by atoms with van der Waals surface area (Å²) in [5.41, 5.74) is 1.93. The highest BCUT2D eigenvalue weighted by atomic mass is 35.5. The molecule has 0 aliphatic heterocycles. The van der Waals surface area contributed by atoms with Gasteiger partial charge in [0.25, 0.3) is 0 Å². The van der Waals surface area contributed by atoms with E-state index < -0.39 is 0 Å². The van der Waals surface area contributed by atoms with Crippen LogP contribution >= 0.6 is 22.9 Å². The average Bonchev–Trinajstić information content (AvgIpc) is 2.77. The number of thiazole rings is 1. The predicted molar refractivity (Wildman–Crippen MR) is 66.1 cm³/mol. The van der Waals surface area contributed by atoms with Gasteiger partial charge in [-0.3, -0.25) is 0 Å². The molecule has 3 nitrogen and oxygen atoms in total. The number of aryl methyl sites for hydroxylation is 1. The van der Waals surface area contributed by atoms with E-state index in [1.54, 1.807) is 17.5 Å². The molecule has 2 aromatic rings. The third kappa shape index (κ3) is 2.39. The molecule has 0 N–H and O–H groups in total. The number of rotatable bonds is 3. The lowest BCUT2D eigenvalue weighted by Crippen LogP contribution is -2.03. The Morgan fingerprint density at radius 2 is 2.19 bits per heavy atom. The predicted octanol–water partition coefficient (Wildman–Crippen LogP) is 3.05. The minimum atomic E-state index is 0.554. The van der Waals surface area contributed by atoms with Crippen molar-refractivity contribution in [3.05, 3.63) is 38.8 Å². The normalized spacial score (nSPS) is 10.7. The first-order chi connectivity index (χ1) is 7.70. The van der Waals surface area contributed by atoms with Crippen LogP contribution in [0.3, 0.4) is 0 Å². The summed E-state index contributed by atoms with van der Waals surface area (Å²) in [5.74, 6) is 0.794. The first kappa shape index (κ1) is 11.5. The van der Waals surface area contributed by atoms with Crippen molar-refractivity contribution in [3.63, 3.8) is 0 Å². The summed E-state index contributed by atoms with van der Waals surface area (Å²) >= 11 is 7.70. The second kappa shape index (κ2) is 4.89. The Balaban J connectivity index is 2.36. The number of hydrogen-bond donors (Lipinski definition) is 0. The number of halogens is 1. The third-order valence-corrected chi connectivity index (χ3v) is 3.50. The lowest BCUT2D eigenvalue weighted by Gasteiger charge is -2.06. The molecule has 0 aliphatic rings. The molecule has 0 aliphatic carbocycles. The SMILES string of the molecule is CCc1nc(Cl)c(C)c(Cc2nccs2)n1. The van der Waals surface area contributed by atoms with E-state index >= 15 is 0 Å². The van der Waals surface area contributed by atoms with Gasteiger partial charge in [-0.15, -0.1) is 11.3 Å². The Bertz CT molecular complexity index is 482. The van der Waals surface area contributed by atoms with E-state index in [0.29, 0.717) is 5.15 Å². The van der Waals surface area contributed by atoms with Gasteiger partial charge in [0, 0.05) is 30.0 Å². The van der Waals surface area contributed by atoms with Gasteiger partial charge in [-0.1, -0.05) is 18.5 Å². The molecule has 0 unspecified atom stereocenters. The van der Waals surface area contributed by atoms with Gasteiger partial charge in [-0.05, 0) is 6.92 Å².